The minimum Gasteiger partial charge on any atom is -0.366 e. The first-order valence-electron chi connectivity index (χ1n) is 7.46. The molecule has 0 saturated heterocycles. The number of thioether (sulfide) groups is 1. The molecule has 0 aliphatic rings. The van der Waals surface area contributed by atoms with Crippen LogP contribution in [0.5, 0.6) is 0 Å². The van der Waals surface area contributed by atoms with Crippen molar-refractivity contribution in [1.82, 2.24) is 9.88 Å². The second kappa shape index (κ2) is 7.81. The first-order chi connectivity index (χ1) is 11.3. The predicted molar refractivity (Wildman–Crippen MR) is 98.5 cm³/mol. The molecule has 2 amide bonds. The number of carbonyl (C=O) groups is 2. The van der Waals surface area contributed by atoms with Crippen LogP contribution in [0.15, 0.2) is 21.9 Å². The Hall–Kier alpha value is -1.86. The van der Waals surface area contributed by atoms with Gasteiger partial charge in [0.2, 0.25) is 5.91 Å². The summed E-state index contributed by atoms with van der Waals surface area (Å²) < 4.78 is 0. The Labute approximate surface area is 150 Å². The normalized spacial score (nSPS) is 10.7. The van der Waals surface area contributed by atoms with Gasteiger partial charge in [0.15, 0.2) is 0 Å². The highest BCUT2D eigenvalue weighted by Gasteiger charge is 2.19. The highest BCUT2D eigenvalue weighted by Crippen LogP contribution is 2.27. The summed E-state index contributed by atoms with van der Waals surface area (Å²) in [5, 5.41) is 4.54. The van der Waals surface area contributed by atoms with E-state index >= 15 is 0 Å². The second-order valence-corrected chi connectivity index (χ2v) is 7.41. The van der Waals surface area contributed by atoms with E-state index in [0.29, 0.717) is 17.1 Å². The molecule has 7 heteroatoms. The molecule has 2 rings (SSSR count). The molecule has 0 atom stereocenters. The summed E-state index contributed by atoms with van der Waals surface area (Å²) in [7, 11) is 1.77. The minimum absolute atomic E-state index is 0.0145. The number of aromatic nitrogens is 1. The zero-order valence-electron chi connectivity index (χ0n) is 14.3. The summed E-state index contributed by atoms with van der Waals surface area (Å²) in [6.07, 6.45) is 0. The number of carbonyl (C=O) groups excluding carboxylic acids is 2. The van der Waals surface area contributed by atoms with Crippen molar-refractivity contribution < 1.29 is 9.59 Å². The molecule has 2 N–H and O–H groups in total. The summed E-state index contributed by atoms with van der Waals surface area (Å²) in [6, 6.07) is 2.00. The summed E-state index contributed by atoms with van der Waals surface area (Å²) in [5.41, 5.74) is 9.66. The molecule has 0 bridgehead atoms. The molecule has 5 nitrogen and oxygen atoms in total. The first-order valence-corrected chi connectivity index (χ1v) is 9.39. The van der Waals surface area contributed by atoms with Crippen molar-refractivity contribution in [3.05, 3.63) is 44.8 Å². The quantitative estimate of drug-likeness (QED) is 0.801. The summed E-state index contributed by atoms with van der Waals surface area (Å²) in [5.74, 6) is -0.306. The smallest absolute Gasteiger partial charge is 0.251 e. The largest absolute Gasteiger partial charge is 0.366 e. The molecule has 0 saturated carbocycles. The van der Waals surface area contributed by atoms with Gasteiger partial charge in [-0.2, -0.15) is 11.3 Å². The van der Waals surface area contributed by atoms with Gasteiger partial charge in [0.1, 0.15) is 5.03 Å². The van der Waals surface area contributed by atoms with Crippen molar-refractivity contribution in [1.29, 1.82) is 0 Å². The maximum absolute atomic E-state index is 12.3. The van der Waals surface area contributed by atoms with Gasteiger partial charge in [0, 0.05) is 19.3 Å². The fourth-order valence-electron chi connectivity index (χ4n) is 2.29. The van der Waals surface area contributed by atoms with Crippen molar-refractivity contribution >= 4 is 34.9 Å². The Bertz CT molecular complexity index is 758. The molecule has 0 spiro atoms. The van der Waals surface area contributed by atoms with Gasteiger partial charge in [-0.15, -0.1) is 0 Å². The van der Waals surface area contributed by atoms with Crippen LogP contribution in [0.2, 0.25) is 0 Å². The molecule has 0 aliphatic heterocycles. The van der Waals surface area contributed by atoms with Gasteiger partial charge in [-0.3, -0.25) is 9.59 Å². The van der Waals surface area contributed by atoms with Crippen LogP contribution >= 0.6 is 23.1 Å². The third-order valence-corrected chi connectivity index (χ3v) is 5.66. The third-order valence-electron chi connectivity index (χ3n) is 3.97. The Morgan fingerprint density at radius 1 is 1.29 bits per heavy atom. The molecule has 0 unspecified atom stereocenters. The van der Waals surface area contributed by atoms with Crippen LogP contribution in [-0.2, 0) is 11.3 Å². The number of amides is 2. The summed E-state index contributed by atoms with van der Waals surface area (Å²) in [6.45, 7) is 6.24. The molecule has 0 fully saturated rings. The number of nitrogens with zero attached hydrogens (tertiary/aromatic N) is 2. The summed E-state index contributed by atoms with van der Waals surface area (Å²) in [4.78, 5) is 30.2. The van der Waals surface area contributed by atoms with Crippen molar-refractivity contribution in [3.8, 4) is 0 Å². The van der Waals surface area contributed by atoms with E-state index in [2.05, 4.69) is 4.98 Å². The van der Waals surface area contributed by atoms with Crippen LogP contribution in [0, 0.1) is 20.8 Å². The molecular formula is C17H21N3O2S2. The molecule has 0 aliphatic carbocycles. The van der Waals surface area contributed by atoms with E-state index in [-0.39, 0.29) is 11.7 Å². The van der Waals surface area contributed by atoms with Crippen molar-refractivity contribution in [2.24, 2.45) is 5.73 Å². The van der Waals surface area contributed by atoms with Crippen molar-refractivity contribution in [3.63, 3.8) is 0 Å². The number of hydrogen-bond donors (Lipinski definition) is 1. The molecule has 2 aromatic heterocycles. The first kappa shape index (κ1) is 18.5. The second-order valence-electron chi connectivity index (χ2n) is 5.66. The molecule has 2 heterocycles. The predicted octanol–water partition coefficient (Wildman–Crippen LogP) is 2.92. The average molecular weight is 364 g/mol. The van der Waals surface area contributed by atoms with E-state index in [1.165, 1.54) is 11.8 Å². The third kappa shape index (κ3) is 4.15. The standard InChI is InChI=1S/C17H21N3O2S2/c1-10-11(2)15(16(18)22)17(19-12(10)3)24-9-14(21)20(4)7-13-5-6-23-8-13/h5-6,8H,7,9H2,1-4H3,(H2,18,22). The maximum Gasteiger partial charge on any atom is 0.251 e. The lowest BCUT2D eigenvalue weighted by Crippen LogP contribution is -2.27. The zero-order chi connectivity index (χ0) is 17.9. The maximum atomic E-state index is 12.3. The van der Waals surface area contributed by atoms with E-state index in [9.17, 15) is 9.59 Å². The van der Waals surface area contributed by atoms with E-state index in [1.807, 2.05) is 37.6 Å². The van der Waals surface area contributed by atoms with Gasteiger partial charge >= 0.3 is 0 Å². The number of rotatable bonds is 6. The lowest BCUT2D eigenvalue weighted by atomic mass is 10.0. The number of pyridine rings is 1. The molecule has 0 radical (unpaired) electrons. The van der Waals surface area contributed by atoms with E-state index in [1.54, 1.807) is 23.3 Å². The van der Waals surface area contributed by atoms with Gasteiger partial charge in [-0.25, -0.2) is 4.98 Å². The Morgan fingerprint density at radius 3 is 2.58 bits per heavy atom. The molecular weight excluding hydrogens is 342 g/mol. The van der Waals surface area contributed by atoms with Gasteiger partial charge in [-0.05, 0) is 54.3 Å². The number of aryl methyl sites for hydroxylation is 1. The zero-order valence-corrected chi connectivity index (χ0v) is 15.9. The van der Waals surface area contributed by atoms with Gasteiger partial charge in [0.05, 0.1) is 11.3 Å². The molecule has 2 aromatic rings. The van der Waals surface area contributed by atoms with Crippen LogP contribution < -0.4 is 5.73 Å². The number of thiophene rings is 1. The van der Waals surface area contributed by atoms with Crippen molar-refractivity contribution in [2.75, 3.05) is 12.8 Å². The van der Waals surface area contributed by atoms with Crippen LogP contribution in [0.3, 0.4) is 0 Å². The van der Waals surface area contributed by atoms with Crippen molar-refractivity contribution in [2.45, 2.75) is 32.3 Å². The van der Waals surface area contributed by atoms with Crippen LogP contribution in [0.4, 0.5) is 0 Å². The number of hydrogen-bond acceptors (Lipinski definition) is 5. The minimum atomic E-state index is -0.510. The average Bonchev–Trinajstić information content (AvgIpc) is 3.02. The topological polar surface area (TPSA) is 76.3 Å². The van der Waals surface area contributed by atoms with E-state index < -0.39 is 5.91 Å². The van der Waals surface area contributed by atoms with E-state index in [0.717, 1.165) is 22.4 Å². The monoisotopic (exact) mass is 363 g/mol. The fourth-order valence-corrected chi connectivity index (χ4v) is 4.03. The molecule has 128 valence electrons. The van der Waals surface area contributed by atoms with Crippen LogP contribution in [-0.4, -0.2) is 34.5 Å². The lowest BCUT2D eigenvalue weighted by molar-refractivity contribution is -0.127. The van der Waals surface area contributed by atoms with Crippen LogP contribution in [0.25, 0.3) is 0 Å². The molecule has 24 heavy (non-hydrogen) atoms. The van der Waals surface area contributed by atoms with Gasteiger partial charge in [-0.1, -0.05) is 11.8 Å². The Balaban J connectivity index is 2.11. The van der Waals surface area contributed by atoms with E-state index in [4.69, 9.17) is 5.73 Å². The molecule has 0 aromatic carbocycles. The highest BCUT2D eigenvalue weighted by molar-refractivity contribution is 8.00. The number of nitrogens with two attached hydrogens (primary N) is 1. The summed E-state index contributed by atoms with van der Waals surface area (Å²) >= 11 is 2.87. The SMILES string of the molecule is Cc1nc(SCC(=O)N(C)Cc2ccsc2)c(C(N)=O)c(C)c1C. The lowest BCUT2D eigenvalue weighted by Gasteiger charge is -2.17. The Morgan fingerprint density at radius 2 is 2.00 bits per heavy atom. The Kier molecular flexibility index (Phi) is 6.01. The van der Waals surface area contributed by atoms with Crippen LogP contribution in [0.1, 0.15) is 32.7 Å². The number of primary amides is 1. The fraction of sp³-hybridized carbons (Fsp3) is 0.353. The van der Waals surface area contributed by atoms with Gasteiger partial charge < -0.3 is 10.6 Å². The highest BCUT2D eigenvalue weighted by atomic mass is 32.2. The van der Waals surface area contributed by atoms with Gasteiger partial charge in [0.25, 0.3) is 5.91 Å².